The van der Waals surface area contributed by atoms with Crippen LogP contribution in [-0.2, 0) is 9.47 Å². The van der Waals surface area contributed by atoms with E-state index in [-0.39, 0.29) is 29.7 Å². The van der Waals surface area contributed by atoms with Crippen molar-refractivity contribution in [2.24, 2.45) is 0 Å². The smallest absolute Gasteiger partial charge is 0.274 e. The second-order valence-corrected chi connectivity index (χ2v) is 8.29. The van der Waals surface area contributed by atoms with Crippen LogP contribution in [0.3, 0.4) is 0 Å². The van der Waals surface area contributed by atoms with E-state index in [1.807, 2.05) is 6.07 Å². The van der Waals surface area contributed by atoms with Gasteiger partial charge in [0.05, 0.1) is 31.0 Å². The number of aromatic nitrogens is 4. The number of pyridine rings is 1. The Bertz CT molecular complexity index is 1230. The summed E-state index contributed by atoms with van der Waals surface area (Å²) in [5.74, 6) is 0.789. The number of anilines is 3. The second kappa shape index (κ2) is 8.83. The third-order valence-corrected chi connectivity index (χ3v) is 6.09. The molecule has 1 saturated carbocycles. The summed E-state index contributed by atoms with van der Waals surface area (Å²) in [6.45, 7) is 1.25. The highest BCUT2D eigenvalue weighted by Crippen LogP contribution is 2.26. The van der Waals surface area contributed by atoms with Crippen LogP contribution in [0.5, 0.6) is 0 Å². The van der Waals surface area contributed by atoms with Crippen LogP contribution in [0.1, 0.15) is 35.7 Å². The molecule has 1 saturated heterocycles. The number of carbonyl (C=O) groups excluding carboxylic acids is 1. The fourth-order valence-electron chi connectivity index (χ4n) is 4.17. The normalized spacial score (nSPS) is 22.2. The van der Waals surface area contributed by atoms with E-state index in [0.717, 1.165) is 25.9 Å². The number of nitrogens with one attached hydrogen (secondary N) is 3. The molecule has 3 aromatic rings. The van der Waals surface area contributed by atoms with Crippen LogP contribution >= 0.6 is 0 Å². The van der Waals surface area contributed by atoms with Crippen molar-refractivity contribution < 1.29 is 14.3 Å². The molecule has 3 N–H and O–H groups in total. The minimum atomic E-state index is -0.263. The number of amides is 1. The van der Waals surface area contributed by atoms with E-state index < -0.39 is 0 Å². The van der Waals surface area contributed by atoms with Gasteiger partial charge in [0.1, 0.15) is 22.9 Å². The predicted molar refractivity (Wildman–Crippen MR) is 122 cm³/mol. The van der Waals surface area contributed by atoms with Crippen LogP contribution in [0.2, 0.25) is 0 Å². The summed E-state index contributed by atoms with van der Waals surface area (Å²) in [5.41, 5.74) is 0.982. The summed E-state index contributed by atoms with van der Waals surface area (Å²) in [6, 6.07) is 5.29. The Labute approximate surface area is 190 Å². The summed E-state index contributed by atoms with van der Waals surface area (Å²) in [5, 5.41) is 13.4. The van der Waals surface area contributed by atoms with E-state index >= 15 is 0 Å². The standard InChI is InChI=1S/C22H27N7O4/c1-23-19-10-18(25-15-6-3-7-28(22(15)31)13-5-4-8-33-12-13)27-20-14(11-24-29(19)20)21(30)26-16-9-17(16)32-2/h3,6-7,10-11,13,16-17,23H,4-5,8-9,12H2,1-2H3,(H,25,27)(H,26,30)/t13-,16?,17+/m1/s1. The van der Waals surface area contributed by atoms with E-state index in [1.165, 1.54) is 6.20 Å². The zero-order valence-electron chi connectivity index (χ0n) is 18.6. The lowest BCUT2D eigenvalue weighted by molar-refractivity contribution is 0.0581. The molecular formula is C22H27N7O4. The maximum atomic E-state index is 13.1. The van der Waals surface area contributed by atoms with Gasteiger partial charge in [-0.05, 0) is 31.4 Å². The molecule has 0 spiro atoms. The van der Waals surface area contributed by atoms with Gasteiger partial charge in [0.25, 0.3) is 11.5 Å². The van der Waals surface area contributed by atoms with Crippen molar-refractivity contribution in [3.8, 4) is 0 Å². The Hall–Kier alpha value is -3.44. The molecule has 1 aliphatic heterocycles. The molecule has 1 amide bonds. The molecular weight excluding hydrogens is 426 g/mol. The van der Waals surface area contributed by atoms with Gasteiger partial charge in [-0.3, -0.25) is 9.59 Å². The number of rotatable bonds is 7. The molecule has 174 valence electrons. The summed E-state index contributed by atoms with van der Waals surface area (Å²) < 4.78 is 14.1. The van der Waals surface area contributed by atoms with Gasteiger partial charge in [-0.15, -0.1) is 0 Å². The zero-order valence-corrected chi connectivity index (χ0v) is 18.6. The van der Waals surface area contributed by atoms with E-state index in [4.69, 9.17) is 9.47 Å². The third kappa shape index (κ3) is 4.16. The van der Waals surface area contributed by atoms with Crippen LogP contribution in [0.25, 0.3) is 5.65 Å². The summed E-state index contributed by atoms with van der Waals surface area (Å²) >= 11 is 0. The van der Waals surface area contributed by atoms with E-state index in [1.54, 1.807) is 41.6 Å². The molecule has 1 unspecified atom stereocenters. The van der Waals surface area contributed by atoms with Gasteiger partial charge >= 0.3 is 0 Å². The lowest BCUT2D eigenvalue weighted by Gasteiger charge is -2.24. The monoisotopic (exact) mass is 453 g/mol. The van der Waals surface area contributed by atoms with Crippen LogP contribution < -0.4 is 21.5 Å². The first-order valence-electron chi connectivity index (χ1n) is 11.0. The van der Waals surface area contributed by atoms with Crippen molar-refractivity contribution in [3.63, 3.8) is 0 Å². The summed E-state index contributed by atoms with van der Waals surface area (Å²) in [7, 11) is 3.38. The Morgan fingerprint density at radius 2 is 2.24 bits per heavy atom. The molecule has 2 aliphatic rings. The Morgan fingerprint density at radius 3 is 2.97 bits per heavy atom. The average Bonchev–Trinajstić information content (AvgIpc) is 3.45. The van der Waals surface area contributed by atoms with Crippen LogP contribution in [0.4, 0.5) is 17.3 Å². The molecule has 2 fully saturated rings. The van der Waals surface area contributed by atoms with Crippen molar-refractivity contribution in [1.82, 2.24) is 24.5 Å². The zero-order chi connectivity index (χ0) is 22.9. The van der Waals surface area contributed by atoms with E-state index in [2.05, 4.69) is 26.0 Å². The Kier molecular flexibility index (Phi) is 5.73. The van der Waals surface area contributed by atoms with Crippen LogP contribution in [-0.4, -0.2) is 64.6 Å². The number of fused-ring (bicyclic) bond motifs is 1. The summed E-state index contributed by atoms with van der Waals surface area (Å²) in [6.07, 6.45) is 5.94. The number of hydrogen-bond acceptors (Lipinski definition) is 8. The minimum Gasteiger partial charge on any atom is -0.379 e. The number of carbonyl (C=O) groups is 1. The van der Waals surface area contributed by atoms with Crippen LogP contribution in [0, 0.1) is 0 Å². The maximum Gasteiger partial charge on any atom is 0.274 e. The Morgan fingerprint density at radius 1 is 1.36 bits per heavy atom. The molecule has 11 heteroatoms. The predicted octanol–water partition coefficient (Wildman–Crippen LogP) is 1.54. The first-order valence-corrected chi connectivity index (χ1v) is 11.0. The van der Waals surface area contributed by atoms with Gasteiger partial charge in [-0.25, -0.2) is 4.98 Å². The van der Waals surface area contributed by atoms with Crippen molar-refractivity contribution in [3.05, 3.63) is 46.5 Å². The second-order valence-electron chi connectivity index (χ2n) is 8.29. The molecule has 5 rings (SSSR count). The molecule has 11 nitrogen and oxygen atoms in total. The lowest BCUT2D eigenvalue weighted by Crippen LogP contribution is -2.31. The molecule has 3 atom stereocenters. The van der Waals surface area contributed by atoms with Crippen molar-refractivity contribution in [2.75, 3.05) is 38.0 Å². The van der Waals surface area contributed by atoms with Crippen molar-refractivity contribution in [1.29, 1.82) is 0 Å². The number of methoxy groups -OCH3 is 1. The van der Waals surface area contributed by atoms with E-state index in [0.29, 0.717) is 35.1 Å². The average molecular weight is 454 g/mol. The SMILES string of the molecule is CNc1cc(Nc2cccn([C@@H]3CCCOC3)c2=O)nc2c(C(=O)NC3C[C@@H]3OC)cnn12. The van der Waals surface area contributed by atoms with Crippen molar-refractivity contribution in [2.45, 2.75) is 37.5 Å². The van der Waals surface area contributed by atoms with Crippen molar-refractivity contribution >= 4 is 28.9 Å². The molecule has 1 aliphatic carbocycles. The molecule has 3 aromatic heterocycles. The van der Waals surface area contributed by atoms with Gasteiger partial charge < -0.3 is 30.0 Å². The van der Waals surface area contributed by atoms with E-state index in [9.17, 15) is 9.59 Å². The maximum absolute atomic E-state index is 13.1. The number of nitrogens with zero attached hydrogens (tertiary/aromatic N) is 4. The minimum absolute atomic E-state index is 0.00548. The highest BCUT2D eigenvalue weighted by atomic mass is 16.5. The van der Waals surface area contributed by atoms with Gasteiger partial charge in [-0.1, -0.05) is 0 Å². The number of ether oxygens (including phenoxy) is 2. The fraction of sp³-hybridized carbons (Fsp3) is 0.455. The fourth-order valence-corrected chi connectivity index (χ4v) is 4.17. The third-order valence-electron chi connectivity index (χ3n) is 6.09. The Balaban J connectivity index is 1.45. The molecule has 33 heavy (non-hydrogen) atoms. The molecule has 0 aromatic carbocycles. The van der Waals surface area contributed by atoms with Gasteiger partial charge in [0, 0.05) is 33.0 Å². The lowest BCUT2D eigenvalue weighted by atomic mass is 10.1. The first kappa shape index (κ1) is 21.4. The highest BCUT2D eigenvalue weighted by Gasteiger charge is 2.39. The topological polar surface area (TPSA) is 124 Å². The van der Waals surface area contributed by atoms with Gasteiger partial charge in [0.2, 0.25) is 0 Å². The quantitative estimate of drug-likeness (QED) is 0.492. The summed E-state index contributed by atoms with van der Waals surface area (Å²) in [4.78, 5) is 30.5. The van der Waals surface area contributed by atoms with Gasteiger partial charge in [-0.2, -0.15) is 9.61 Å². The van der Waals surface area contributed by atoms with Crippen LogP contribution in [0.15, 0.2) is 35.4 Å². The number of hydrogen-bond donors (Lipinski definition) is 3. The van der Waals surface area contributed by atoms with Gasteiger partial charge in [0.15, 0.2) is 5.65 Å². The first-order chi connectivity index (χ1) is 16.1. The highest BCUT2D eigenvalue weighted by molar-refractivity contribution is 6.00. The molecule has 4 heterocycles. The molecule has 0 bridgehead atoms. The largest absolute Gasteiger partial charge is 0.379 e. The molecule has 0 radical (unpaired) electrons.